The Labute approximate surface area is 415 Å². The van der Waals surface area contributed by atoms with Gasteiger partial charge in [0.1, 0.15) is 11.2 Å². The van der Waals surface area contributed by atoms with Crippen molar-refractivity contribution in [1.82, 2.24) is 4.57 Å². The van der Waals surface area contributed by atoms with E-state index in [1.807, 2.05) is 6.07 Å². The van der Waals surface area contributed by atoms with Gasteiger partial charge in [-0.25, -0.2) is 0 Å². The van der Waals surface area contributed by atoms with Crippen molar-refractivity contribution < 1.29 is 4.42 Å². The molecule has 2 aliphatic rings. The number of aromatic nitrogens is 1. The molecule has 2 heteroatoms. The molecule has 0 bridgehead atoms. The average molecular weight is 912 g/mol. The van der Waals surface area contributed by atoms with Crippen LogP contribution in [0.3, 0.4) is 0 Å². The van der Waals surface area contributed by atoms with Crippen molar-refractivity contribution in [3.05, 3.63) is 257 Å². The van der Waals surface area contributed by atoms with Crippen molar-refractivity contribution in [2.75, 3.05) is 0 Å². The normalized spacial score (nSPS) is 14.5. The van der Waals surface area contributed by atoms with E-state index in [1.54, 1.807) is 0 Å². The minimum absolute atomic E-state index is 0.146. The molecule has 10 aromatic carbocycles. The van der Waals surface area contributed by atoms with Gasteiger partial charge in [-0.3, -0.25) is 0 Å². The van der Waals surface area contributed by atoms with Crippen LogP contribution in [0.4, 0.5) is 0 Å². The lowest BCUT2D eigenvalue weighted by atomic mass is 9.78. The van der Waals surface area contributed by atoms with Gasteiger partial charge < -0.3 is 8.98 Å². The van der Waals surface area contributed by atoms with Gasteiger partial charge in [-0.15, -0.1) is 0 Å². The molecule has 2 aromatic heterocycles. The first kappa shape index (κ1) is 41.7. The Morgan fingerprint density at radius 1 is 0.394 bits per heavy atom. The lowest BCUT2D eigenvalue weighted by Gasteiger charge is -2.25. The molecule has 0 spiro atoms. The van der Waals surface area contributed by atoms with E-state index in [0.717, 1.165) is 40.3 Å². The first-order valence-corrected chi connectivity index (χ1v) is 25.3. The first-order valence-electron chi connectivity index (χ1n) is 25.3. The topological polar surface area (TPSA) is 18.1 Å². The predicted octanol–water partition coefficient (Wildman–Crippen LogP) is 18.4. The summed E-state index contributed by atoms with van der Waals surface area (Å²) >= 11 is 0. The van der Waals surface area contributed by atoms with Crippen LogP contribution in [-0.4, -0.2) is 4.57 Å². The van der Waals surface area contributed by atoms with E-state index in [2.05, 4.69) is 245 Å². The fraction of sp³-hybridized carbons (Fsp3) is 0.130. The Morgan fingerprint density at radius 3 is 1.68 bits per heavy atom. The minimum atomic E-state index is -0.158. The van der Waals surface area contributed by atoms with E-state index in [1.165, 1.54) is 105 Å². The Balaban J connectivity index is 0.821. The third-order valence-electron chi connectivity index (χ3n) is 16.5. The molecule has 1 atom stereocenters. The van der Waals surface area contributed by atoms with Gasteiger partial charge in [0.2, 0.25) is 0 Å². The molecule has 12 aromatic rings. The van der Waals surface area contributed by atoms with Crippen molar-refractivity contribution in [3.8, 4) is 50.2 Å². The molecule has 0 saturated carbocycles. The number of rotatable bonds is 8. The molecule has 340 valence electrons. The zero-order chi connectivity index (χ0) is 47.6. The SMILES string of the molecule is CC1(C)c2cc(-c3ccccc3)ccc2-c2ccc(C(CCc3ccc4c(c3)C(C)(C)c3cc(-n5c6ccccc6c6ccccc65)ccc3-4)c3ccc(-c4cccc5c4oc4ccccc45)cc3)cc21. The minimum Gasteiger partial charge on any atom is -0.455 e. The molecular formula is C69H53NO. The second-order valence-electron chi connectivity index (χ2n) is 21.2. The highest BCUT2D eigenvalue weighted by atomic mass is 16.3. The number of fused-ring (bicyclic) bond motifs is 12. The Kier molecular flexibility index (Phi) is 9.20. The van der Waals surface area contributed by atoms with Crippen LogP contribution in [0.5, 0.6) is 0 Å². The van der Waals surface area contributed by atoms with Crippen molar-refractivity contribution in [3.63, 3.8) is 0 Å². The third-order valence-corrected chi connectivity index (χ3v) is 16.5. The summed E-state index contributed by atoms with van der Waals surface area (Å²) in [6, 6.07) is 81.6. The second kappa shape index (κ2) is 15.7. The fourth-order valence-electron chi connectivity index (χ4n) is 12.8. The highest BCUT2D eigenvalue weighted by molar-refractivity contribution is 6.10. The quantitative estimate of drug-likeness (QED) is 0.149. The molecule has 14 rings (SSSR count). The molecule has 1 unspecified atom stereocenters. The molecule has 2 aliphatic carbocycles. The van der Waals surface area contributed by atoms with E-state index < -0.39 is 0 Å². The van der Waals surface area contributed by atoms with Gasteiger partial charge in [0.25, 0.3) is 0 Å². The smallest absolute Gasteiger partial charge is 0.143 e. The number of furan rings is 1. The molecule has 0 fully saturated rings. The molecule has 2 heterocycles. The van der Waals surface area contributed by atoms with Crippen LogP contribution in [0, 0.1) is 0 Å². The van der Waals surface area contributed by atoms with Crippen LogP contribution in [0.15, 0.2) is 223 Å². The van der Waals surface area contributed by atoms with Gasteiger partial charge in [0.05, 0.1) is 11.0 Å². The van der Waals surface area contributed by atoms with Gasteiger partial charge in [-0.1, -0.05) is 210 Å². The molecule has 0 radical (unpaired) electrons. The van der Waals surface area contributed by atoms with Gasteiger partial charge >= 0.3 is 0 Å². The summed E-state index contributed by atoms with van der Waals surface area (Å²) in [5.74, 6) is 0.183. The Hall–Kier alpha value is -8.20. The number of hydrogen-bond acceptors (Lipinski definition) is 1. The van der Waals surface area contributed by atoms with Crippen LogP contribution in [-0.2, 0) is 17.3 Å². The lowest BCUT2D eigenvalue weighted by Crippen LogP contribution is -2.16. The maximum absolute atomic E-state index is 6.51. The molecular weight excluding hydrogens is 859 g/mol. The Morgan fingerprint density at radius 2 is 0.944 bits per heavy atom. The largest absolute Gasteiger partial charge is 0.455 e. The monoisotopic (exact) mass is 911 g/mol. The molecule has 0 saturated heterocycles. The number of para-hydroxylation sites is 4. The maximum Gasteiger partial charge on any atom is 0.143 e. The summed E-state index contributed by atoms with van der Waals surface area (Å²) in [5, 5.41) is 4.89. The van der Waals surface area contributed by atoms with Crippen LogP contribution < -0.4 is 0 Å². The van der Waals surface area contributed by atoms with Crippen LogP contribution in [0.1, 0.15) is 79.0 Å². The number of nitrogens with zero attached hydrogens (tertiary/aromatic N) is 1. The molecule has 0 amide bonds. The highest BCUT2D eigenvalue weighted by Crippen LogP contribution is 2.52. The van der Waals surface area contributed by atoms with Crippen molar-refractivity contribution in [2.45, 2.75) is 57.3 Å². The van der Waals surface area contributed by atoms with E-state index >= 15 is 0 Å². The van der Waals surface area contributed by atoms with Crippen molar-refractivity contribution >= 4 is 43.7 Å². The third kappa shape index (κ3) is 6.40. The van der Waals surface area contributed by atoms with Crippen LogP contribution in [0.25, 0.3) is 93.9 Å². The second-order valence-corrected chi connectivity index (χ2v) is 21.2. The molecule has 71 heavy (non-hydrogen) atoms. The highest BCUT2D eigenvalue weighted by Gasteiger charge is 2.38. The summed E-state index contributed by atoms with van der Waals surface area (Å²) in [4.78, 5) is 0. The number of hydrogen-bond donors (Lipinski definition) is 0. The summed E-state index contributed by atoms with van der Waals surface area (Å²) < 4.78 is 8.96. The number of aryl methyl sites for hydroxylation is 1. The van der Waals surface area contributed by atoms with Crippen molar-refractivity contribution in [1.29, 1.82) is 0 Å². The predicted molar refractivity (Wildman–Crippen MR) is 297 cm³/mol. The number of benzene rings is 10. The van der Waals surface area contributed by atoms with Gasteiger partial charge in [-0.2, -0.15) is 0 Å². The van der Waals surface area contributed by atoms with E-state index in [-0.39, 0.29) is 16.7 Å². The van der Waals surface area contributed by atoms with Crippen LogP contribution >= 0.6 is 0 Å². The zero-order valence-corrected chi connectivity index (χ0v) is 40.6. The van der Waals surface area contributed by atoms with E-state index in [0.29, 0.717) is 0 Å². The average Bonchev–Trinajstić information content (AvgIpc) is 4.09. The summed E-state index contributed by atoms with van der Waals surface area (Å²) in [6.07, 6.45) is 1.94. The molecule has 2 nitrogen and oxygen atoms in total. The van der Waals surface area contributed by atoms with Gasteiger partial charge in [0, 0.05) is 49.5 Å². The lowest BCUT2D eigenvalue weighted by molar-refractivity contribution is 0.652. The summed E-state index contributed by atoms with van der Waals surface area (Å²) in [7, 11) is 0. The van der Waals surface area contributed by atoms with E-state index in [9.17, 15) is 0 Å². The molecule has 0 N–H and O–H groups in total. The van der Waals surface area contributed by atoms with Crippen molar-refractivity contribution in [2.24, 2.45) is 0 Å². The summed E-state index contributed by atoms with van der Waals surface area (Å²) in [5.41, 5.74) is 25.1. The molecule has 0 aliphatic heterocycles. The van der Waals surface area contributed by atoms with Gasteiger partial charge in [-0.05, 0) is 127 Å². The fourth-order valence-corrected chi connectivity index (χ4v) is 12.8. The summed E-state index contributed by atoms with van der Waals surface area (Å²) in [6.45, 7) is 9.66. The van der Waals surface area contributed by atoms with E-state index in [4.69, 9.17) is 4.42 Å². The standard InChI is InChI=1S/C69H53NO/c1-68(2)60-39-43(26-35-52(60)55-38-33-49(42-63(55)68)70-64-22-11-8-17-56(64)57-18-9-12-23-65(57)70)25-34-50(45-27-29-46(30-28-45)51-20-14-21-59-58-19-10-13-24-66(58)71-67(51)59)48-32-37-54-53-36-31-47(44-15-6-5-7-16-44)40-61(53)69(3,4)62(54)41-48/h5-24,26-33,35-42,50H,25,34H2,1-4H3. The zero-order valence-electron chi connectivity index (χ0n) is 40.6. The Bertz CT molecular complexity index is 4050. The van der Waals surface area contributed by atoms with Crippen LogP contribution in [0.2, 0.25) is 0 Å². The maximum atomic E-state index is 6.51. The van der Waals surface area contributed by atoms with Gasteiger partial charge in [0.15, 0.2) is 0 Å². The first-order chi connectivity index (χ1) is 34.7.